The van der Waals surface area contributed by atoms with Crippen LogP contribution in [0.15, 0.2) is 51.8 Å². The van der Waals surface area contributed by atoms with E-state index >= 15 is 0 Å². The summed E-state index contributed by atoms with van der Waals surface area (Å²) in [5.41, 5.74) is 2.29. The van der Waals surface area contributed by atoms with Gasteiger partial charge in [-0.1, -0.05) is 0 Å². The molecule has 0 bridgehead atoms. The number of nitrogens with zero attached hydrogens (tertiary/aromatic N) is 1. The molecule has 96 valence electrons. The maximum Gasteiger partial charge on any atom is 0.123 e. The van der Waals surface area contributed by atoms with Crippen molar-refractivity contribution in [2.75, 3.05) is 5.32 Å². The molecule has 0 fully saturated rings. The molecule has 0 amide bonds. The SMILES string of the molecule is Brc1ccsc1CNc1ccc(-c2nccs2)cc1. The zero-order valence-electron chi connectivity index (χ0n) is 9.97. The van der Waals surface area contributed by atoms with Gasteiger partial charge in [0.05, 0.1) is 6.54 Å². The van der Waals surface area contributed by atoms with Crippen molar-refractivity contribution in [3.63, 3.8) is 0 Å². The van der Waals surface area contributed by atoms with E-state index in [0.29, 0.717) is 0 Å². The summed E-state index contributed by atoms with van der Waals surface area (Å²) in [4.78, 5) is 5.62. The number of anilines is 1. The molecule has 1 N–H and O–H groups in total. The number of aromatic nitrogens is 1. The van der Waals surface area contributed by atoms with E-state index in [9.17, 15) is 0 Å². The second-order valence-electron chi connectivity index (χ2n) is 3.96. The van der Waals surface area contributed by atoms with E-state index in [1.165, 1.54) is 9.35 Å². The third-order valence-corrected chi connectivity index (χ3v) is 5.46. The molecule has 0 aliphatic rings. The highest BCUT2D eigenvalue weighted by Gasteiger charge is 2.02. The fraction of sp³-hybridized carbons (Fsp3) is 0.0714. The molecule has 19 heavy (non-hydrogen) atoms. The summed E-state index contributed by atoms with van der Waals surface area (Å²) in [7, 11) is 0. The zero-order valence-corrected chi connectivity index (χ0v) is 13.2. The standard InChI is InChI=1S/C14H11BrN2S2/c15-12-5-7-18-13(12)9-17-11-3-1-10(2-4-11)14-16-6-8-19-14/h1-8,17H,9H2. The molecule has 3 aromatic rings. The number of nitrogens with one attached hydrogen (secondary N) is 1. The monoisotopic (exact) mass is 350 g/mol. The molecule has 0 atom stereocenters. The molecule has 0 aliphatic heterocycles. The van der Waals surface area contributed by atoms with Gasteiger partial charge in [-0.3, -0.25) is 0 Å². The minimum atomic E-state index is 0.842. The van der Waals surface area contributed by atoms with Gasteiger partial charge in [-0.05, 0) is 51.6 Å². The van der Waals surface area contributed by atoms with Gasteiger partial charge in [-0.2, -0.15) is 0 Å². The van der Waals surface area contributed by atoms with Gasteiger partial charge in [-0.15, -0.1) is 22.7 Å². The van der Waals surface area contributed by atoms with Crippen molar-refractivity contribution in [1.82, 2.24) is 4.98 Å². The van der Waals surface area contributed by atoms with Crippen LogP contribution in [0.1, 0.15) is 4.88 Å². The largest absolute Gasteiger partial charge is 0.380 e. The lowest BCUT2D eigenvalue weighted by molar-refractivity contribution is 1.18. The fourth-order valence-corrected chi connectivity index (χ4v) is 3.81. The third kappa shape index (κ3) is 3.05. The molecule has 0 aliphatic carbocycles. The van der Waals surface area contributed by atoms with Gasteiger partial charge in [0.2, 0.25) is 0 Å². The van der Waals surface area contributed by atoms with E-state index in [0.717, 1.165) is 22.8 Å². The quantitative estimate of drug-likeness (QED) is 0.695. The van der Waals surface area contributed by atoms with Crippen molar-refractivity contribution in [2.24, 2.45) is 0 Å². The molecule has 2 aromatic heterocycles. The van der Waals surface area contributed by atoms with E-state index in [1.54, 1.807) is 22.7 Å². The Bertz CT molecular complexity index is 644. The first kappa shape index (κ1) is 12.8. The van der Waals surface area contributed by atoms with Gasteiger partial charge in [-0.25, -0.2) is 4.98 Å². The van der Waals surface area contributed by atoms with E-state index in [-0.39, 0.29) is 0 Å². The van der Waals surface area contributed by atoms with Crippen LogP contribution in [0.3, 0.4) is 0 Å². The highest BCUT2D eigenvalue weighted by atomic mass is 79.9. The number of hydrogen-bond acceptors (Lipinski definition) is 4. The minimum absolute atomic E-state index is 0.842. The van der Waals surface area contributed by atoms with Gasteiger partial charge < -0.3 is 5.32 Å². The van der Waals surface area contributed by atoms with Gasteiger partial charge >= 0.3 is 0 Å². The Hall–Kier alpha value is -1.17. The van der Waals surface area contributed by atoms with Crippen molar-refractivity contribution in [2.45, 2.75) is 6.54 Å². The topological polar surface area (TPSA) is 24.9 Å². The predicted octanol–water partition coefficient (Wildman–Crippen LogP) is 5.25. The lowest BCUT2D eigenvalue weighted by Crippen LogP contribution is -1.97. The summed E-state index contributed by atoms with van der Waals surface area (Å²) in [6.45, 7) is 0.842. The predicted molar refractivity (Wildman–Crippen MR) is 86.9 cm³/mol. The van der Waals surface area contributed by atoms with Crippen molar-refractivity contribution in [1.29, 1.82) is 0 Å². The molecule has 0 unspecified atom stereocenters. The van der Waals surface area contributed by atoms with Gasteiger partial charge in [0.25, 0.3) is 0 Å². The van der Waals surface area contributed by atoms with Crippen LogP contribution in [0.25, 0.3) is 10.6 Å². The molecular weight excluding hydrogens is 340 g/mol. The first-order valence-electron chi connectivity index (χ1n) is 5.78. The number of thiophene rings is 1. The van der Waals surface area contributed by atoms with E-state index in [1.807, 2.05) is 11.6 Å². The summed E-state index contributed by atoms with van der Waals surface area (Å²) < 4.78 is 1.17. The van der Waals surface area contributed by atoms with Crippen LogP contribution in [0.5, 0.6) is 0 Å². The smallest absolute Gasteiger partial charge is 0.123 e. The molecule has 5 heteroatoms. The van der Waals surface area contributed by atoms with Crippen LogP contribution in [-0.4, -0.2) is 4.98 Å². The van der Waals surface area contributed by atoms with E-state index in [2.05, 4.69) is 61.9 Å². The highest BCUT2D eigenvalue weighted by Crippen LogP contribution is 2.25. The van der Waals surface area contributed by atoms with Gasteiger partial charge in [0, 0.05) is 32.2 Å². The number of benzene rings is 1. The summed E-state index contributed by atoms with van der Waals surface area (Å²) in [6.07, 6.45) is 1.83. The molecule has 0 radical (unpaired) electrons. The molecule has 2 nitrogen and oxygen atoms in total. The van der Waals surface area contributed by atoms with Crippen LogP contribution in [-0.2, 0) is 6.54 Å². The van der Waals surface area contributed by atoms with Crippen LogP contribution < -0.4 is 5.32 Å². The second kappa shape index (κ2) is 5.86. The van der Waals surface area contributed by atoms with Crippen molar-refractivity contribution >= 4 is 44.3 Å². The van der Waals surface area contributed by atoms with Crippen molar-refractivity contribution < 1.29 is 0 Å². The van der Waals surface area contributed by atoms with Crippen molar-refractivity contribution in [3.8, 4) is 10.6 Å². The van der Waals surface area contributed by atoms with Gasteiger partial charge in [0.1, 0.15) is 5.01 Å². The highest BCUT2D eigenvalue weighted by molar-refractivity contribution is 9.10. The van der Waals surface area contributed by atoms with Gasteiger partial charge in [0.15, 0.2) is 0 Å². The molecule has 0 saturated heterocycles. The Labute approximate surface area is 128 Å². The average molecular weight is 351 g/mol. The Balaban J connectivity index is 1.68. The van der Waals surface area contributed by atoms with Crippen LogP contribution in [0.4, 0.5) is 5.69 Å². The lowest BCUT2D eigenvalue weighted by atomic mass is 10.2. The molecule has 1 aromatic carbocycles. The Morgan fingerprint density at radius 3 is 2.53 bits per heavy atom. The van der Waals surface area contributed by atoms with E-state index < -0.39 is 0 Å². The van der Waals surface area contributed by atoms with Crippen LogP contribution >= 0.6 is 38.6 Å². The molecule has 3 rings (SSSR count). The molecular formula is C14H11BrN2S2. The first-order valence-corrected chi connectivity index (χ1v) is 8.34. The number of halogens is 1. The first-order chi connectivity index (χ1) is 9.33. The second-order valence-corrected chi connectivity index (χ2v) is 6.71. The maximum absolute atomic E-state index is 4.31. The summed E-state index contributed by atoms with van der Waals surface area (Å²) in [6, 6.07) is 10.5. The van der Waals surface area contributed by atoms with Crippen LogP contribution in [0.2, 0.25) is 0 Å². The Kier molecular flexibility index (Phi) is 3.96. The fourth-order valence-electron chi connectivity index (χ4n) is 1.73. The summed E-state index contributed by atoms with van der Waals surface area (Å²) in [5.74, 6) is 0. The summed E-state index contributed by atoms with van der Waals surface area (Å²) in [5, 5.41) is 8.57. The lowest BCUT2D eigenvalue weighted by Gasteiger charge is -2.06. The molecule has 0 spiro atoms. The third-order valence-electron chi connectivity index (χ3n) is 2.71. The molecule has 2 heterocycles. The van der Waals surface area contributed by atoms with Crippen molar-refractivity contribution in [3.05, 3.63) is 56.6 Å². The Morgan fingerprint density at radius 1 is 1.05 bits per heavy atom. The van der Waals surface area contributed by atoms with Crippen LogP contribution in [0, 0.1) is 0 Å². The van der Waals surface area contributed by atoms with E-state index in [4.69, 9.17) is 0 Å². The number of hydrogen-bond donors (Lipinski definition) is 1. The maximum atomic E-state index is 4.31. The number of rotatable bonds is 4. The number of thiazole rings is 1. The average Bonchev–Trinajstić information content (AvgIpc) is 3.09. The summed E-state index contributed by atoms with van der Waals surface area (Å²) >= 11 is 6.95. The minimum Gasteiger partial charge on any atom is -0.380 e. The Morgan fingerprint density at radius 2 is 1.89 bits per heavy atom. The molecule has 0 saturated carbocycles. The zero-order chi connectivity index (χ0) is 13.1. The normalized spacial score (nSPS) is 10.6.